The molecule has 0 spiro atoms. The smallest absolute Gasteiger partial charge is 0.240 e. The highest BCUT2D eigenvalue weighted by Gasteiger charge is 2.18. The van der Waals surface area contributed by atoms with Crippen LogP contribution in [0.15, 0.2) is 23.1 Å². The number of hydrogen-bond acceptors (Lipinski definition) is 5. The maximum absolute atomic E-state index is 12.3. The molecule has 0 saturated carbocycles. The van der Waals surface area contributed by atoms with Gasteiger partial charge in [0.15, 0.2) is 0 Å². The molecule has 1 saturated heterocycles. The Morgan fingerprint density at radius 2 is 2.10 bits per heavy atom. The van der Waals surface area contributed by atoms with Crippen LogP contribution in [0.25, 0.3) is 0 Å². The predicted octanol–water partition coefficient (Wildman–Crippen LogP) is 0.0502. The Kier molecular flexibility index (Phi) is 5.31. The Bertz CT molecular complexity index is 631. The van der Waals surface area contributed by atoms with Crippen molar-refractivity contribution in [2.75, 3.05) is 39.3 Å². The first-order chi connectivity index (χ1) is 10.0. The molecule has 0 radical (unpaired) electrons. The third-order valence-electron chi connectivity index (χ3n) is 3.54. The van der Waals surface area contributed by atoms with E-state index < -0.39 is 10.0 Å². The summed E-state index contributed by atoms with van der Waals surface area (Å²) in [4.78, 5) is 2.40. The second kappa shape index (κ2) is 7.00. The largest absolute Gasteiger partial charge is 0.314 e. The lowest BCUT2D eigenvalue weighted by atomic mass is 10.2. The highest BCUT2D eigenvalue weighted by molar-refractivity contribution is 7.89. The van der Waals surface area contributed by atoms with E-state index in [2.05, 4.69) is 14.9 Å². The molecule has 1 aliphatic heterocycles. The van der Waals surface area contributed by atoms with Gasteiger partial charge in [0.05, 0.1) is 16.5 Å². The molecule has 7 heteroatoms. The van der Waals surface area contributed by atoms with Crippen LogP contribution in [0.4, 0.5) is 0 Å². The van der Waals surface area contributed by atoms with Crippen LogP contribution in [0.5, 0.6) is 0 Å². The topological polar surface area (TPSA) is 85.2 Å². The van der Waals surface area contributed by atoms with Gasteiger partial charge in [-0.3, -0.25) is 4.90 Å². The van der Waals surface area contributed by atoms with Gasteiger partial charge in [-0.2, -0.15) is 5.26 Å². The van der Waals surface area contributed by atoms with Crippen molar-refractivity contribution in [3.8, 4) is 6.07 Å². The number of benzene rings is 1. The Morgan fingerprint density at radius 1 is 1.38 bits per heavy atom. The minimum Gasteiger partial charge on any atom is -0.314 e. The van der Waals surface area contributed by atoms with Gasteiger partial charge in [0, 0.05) is 39.3 Å². The van der Waals surface area contributed by atoms with E-state index in [4.69, 9.17) is 5.26 Å². The molecule has 0 unspecified atom stereocenters. The highest BCUT2D eigenvalue weighted by atomic mass is 32.2. The van der Waals surface area contributed by atoms with Crippen LogP contribution in [-0.4, -0.2) is 52.6 Å². The standard InChI is InChI=1S/C14H20N4O2S/c1-12-2-3-13(11-15)10-14(12)21(19,20)17-6-9-18-7-4-16-5-8-18/h2-3,10,16-17H,4-9H2,1H3. The fourth-order valence-electron chi connectivity index (χ4n) is 2.31. The minimum atomic E-state index is -3.57. The molecule has 6 nitrogen and oxygen atoms in total. The van der Waals surface area contributed by atoms with E-state index in [-0.39, 0.29) is 4.90 Å². The van der Waals surface area contributed by atoms with E-state index in [1.54, 1.807) is 19.1 Å². The number of rotatable bonds is 5. The molecule has 0 aromatic heterocycles. The van der Waals surface area contributed by atoms with Crippen LogP contribution >= 0.6 is 0 Å². The van der Waals surface area contributed by atoms with Gasteiger partial charge in [-0.1, -0.05) is 6.07 Å². The molecule has 114 valence electrons. The molecule has 2 N–H and O–H groups in total. The van der Waals surface area contributed by atoms with E-state index in [9.17, 15) is 8.42 Å². The van der Waals surface area contributed by atoms with Crippen molar-refractivity contribution in [3.05, 3.63) is 29.3 Å². The van der Waals surface area contributed by atoms with Crippen LogP contribution in [-0.2, 0) is 10.0 Å². The van der Waals surface area contributed by atoms with Crippen LogP contribution in [0, 0.1) is 18.3 Å². The average Bonchev–Trinajstić information content (AvgIpc) is 2.48. The van der Waals surface area contributed by atoms with E-state index in [0.717, 1.165) is 26.2 Å². The van der Waals surface area contributed by atoms with E-state index in [1.165, 1.54) is 6.07 Å². The summed E-state index contributed by atoms with van der Waals surface area (Å²) in [5.74, 6) is 0. The average molecular weight is 308 g/mol. The zero-order valence-corrected chi connectivity index (χ0v) is 12.9. The van der Waals surface area contributed by atoms with Crippen molar-refractivity contribution < 1.29 is 8.42 Å². The molecule has 1 aromatic carbocycles. The summed E-state index contributed by atoms with van der Waals surface area (Å²) in [6, 6.07) is 6.66. The summed E-state index contributed by atoms with van der Waals surface area (Å²) in [6.07, 6.45) is 0. The van der Waals surface area contributed by atoms with Crippen LogP contribution in [0.2, 0.25) is 0 Å². The number of nitrogens with zero attached hydrogens (tertiary/aromatic N) is 2. The Labute approximate surface area is 125 Å². The molecule has 1 fully saturated rings. The summed E-state index contributed by atoms with van der Waals surface area (Å²) in [5.41, 5.74) is 0.992. The lowest BCUT2D eigenvalue weighted by Gasteiger charge is -2.27. The van der Waals surface area contributed by atoms with Gasteiger partial charge in [0.25, 0.3) is 0 Å². The first-order valence-electron chi connectivity index (χ1n) is 6.96. The molecule has 21 heavy (non-hydrogen) atoms. The first kappa shape index (κ1) is 15.9. The molecule has 0 bridgehead atoms. The number of aryl methyl sites for hydroxylation is 1. The van der Waals surface area contributed by atoms with Gasteiger partial charge < -0.3 is 5.32 Å². The van der Waals surface area contributed by atoms with Crippen LogP contribution < -0.4 is 10.0 Å². The zero-order chi connectivity index (χ0) is 15.3. The Balaban J connectivity index is 1.99. The molecule has 0 atom stereocenters. The van der Waals surface area contributed by atoms with Crippen molar-refractivity contribution in [2.24, 2.45) is 0 Å². The third-order valence-corrected chi connectivity index (χ3v) is 5.14. The van der Waals surface area contributed by atoms with E-state index in [0.29, 0.717) is 24.2 Å². The monoisotopic (exact) mass is 308 g/mol. The number of sulfonamides is 1. The zero-order valence-electron chi connectivity index (χ0n) is 12.1. The fraction of sp³-hybridized carbons (Fsp3) is 0.500. The number of piperazine rings is 1. The Morgan fingerprint density at radius 3 is 2.76 bits per heavy atom. The van der Waals surface area contributed by atoms with Gasteiger partial charge in [-0.25, -0.2) is 13.1 Å². The lowest BCUT2D eigenvalue weighted by Crippen LogP contribution is -2.46. The molecule has 1 aromatic rings. The van der Waals surface area contributed by atoms with Crippen LogP contribution in [0.1, 0.15) is 11.1 Å². The van der Waals surface area contributed by atoms with Gasteiger partial charge in [0.1, 0.15) is 0 Å². The second-order valence-electron chi connectivity index (χ2n) is 5.08. The van der Waals surface area contributed by atoms with Gasteiger partial charge in [0.2, 0.25) is 10.0 Å². The third kappa shape index (κ3) is 4.25. The lowest BCUT2D eigenvalue weighted by molar-refractivity contribution is 0.245. The molecule has 0 aliphatic carbocycles. The fourth-order valence-corrected chi connectivity index (χ4v) is 3.60. The maximum atomic E-state index is 12.3. The number of hydrogen-bond donors (Lipinski definition) is 2. The molecule has 1 aliphatic rings. The van der Waals surface area contributed by atoms with Crippen LogP contribution in [0.3, 0.4) is 0 Å². The summed E-state index contributed by atoms with van der Waals surface area (Å²) in [6.45, 7) is 6.55. The summed E-state index contributed by atoms with van der Waals surface area (Å²) >= 11 is 0. The molecular formula is C14H20N4O2S. The summed E-state index contributed by atoms with van der Waals surface area (Å²) in [5, 5.41) is 12.1. The normalized spacial score (nSPS) is 16.6. The predicted molar refractivity (Wildman–Crippen MR) is 80.4 cm³/mol. The van der Waals surface area contributed by atoms with Crippen molar-refractivity contribution in [1.82, 2.24) is 14.9 Å². The second-order valence-corrected chi connectivity index (χ2v) is 6.82. The molecule has 1 heterocycles. The van der Waals surface area contributed by atoms with Gasteiger partial charge in [-0.15, -0.1) is 0 Å². The van der Waals surface area contributed by atoms with E-state index in [1.807, 2.05) is 6.07 Å². The maximum Gasteiger partial charge on any atom is 0.240 e. The first-order valence-corrected chi connectivity index (χ1v) is 8.45. The Hall–Kier alpha value is -1.46. The SMILES string of the molecule is Cc1ccc(C#N)cc1S(=O)(=O)NCCN1CCNCC1. The van der Waals surface area contributed by atoms with Crippen molar-refractivity contribution in [3.63, 3.8) is 0 Å². The van der Waals surface area contributed by atoms with Crippen molar-refractivity contribution in [1.29, 1.82) is 5.26 Å². The van der Waals surface area contributed by atoms with Gasteiger partial charge in [-0.05, 0) is 24.6 Å². The highest BCUT2D eigenvalue weighted by Crippen LogP contribution is 2.16. The summed E-state index contributed by atoms with van der Waals surface area (Å²) < 4.78 is 27.2. The number of nitrogens with one attached hydrogen (secondary N) is 2. The quantitative estimate of drug-likeness (QED) is 0.803. The number of nitriles is 1. The van der Waals surface area contributed by atoms with Crippen molar-refractivity contribution in [2.45, 2.75) is 11.8 Å². The minimum absolute atomic E-state index is 0.182. The van der Waals surface area contributed by atoms with Crippen molar-refractivity contribution >= 4 is 10.0 Å². The summed E-state index contributed by atoms with van der Waals surface area (Å²) in [7, 11) is -3.57. The van der Waals surface area contributed by atoms with Gasteiger partial charge >= 0.3 is 0 Å². The molecule has 0 amide bonds. The molecule has 2 rings (SSSR count). The van der Waals surface area contributed by atoms with E-state index >= 15 is 0 Å². The molecular weight excluding hydrogens is 288 g/mol.